The van der Waals surface area contributed by atoms with Gasteiger partial charge in [-0.1, -0.05) is 23.7 Å². The van der Waals surface area contributed by atoms with Crippen LogP contribution in [0.3, 0.4) is 0 Å². The molecule has 0 aliphatic carbocycles. The van der Waals surface area contributed by atoms with Crippen LogP contribution in [0.2, 0.25) is 5.02 Å². The summed E-state index contributed by atoms with van der Waals surface area (Å²) in [5.74, 6) is -0.640. The number of rotatable bonds is 7. The van der Waals surface area contributed by atoms with Gasteiger partial charge in [0, 0.05) is 42.0 Å². The monoisotopic (exact) mass is 615 g/mol. The van der Waals surface area contributed by atoms with Gasteiger partial charge in [-0.3, -0.25) is 14.4 Å². The number of hydrogen-bond donors (Lipinski definition) is 1. The van der Waals surface area contributed by atoms with Crippen LogP contribution in [0.1, 0.15) is 83.8 Å². The molecule has 2 atom stereocenters. The largest absolute Gasteiger partial charge is 0.460 e. The summed E-state index contributed by atoms with van der Waals surface area (Å²) in [6.07, 6.45) is 1.22. The van der Waals surface area contributed by atoms with Crippen LogP contribution in [0.4, 0.5) is 20.4 Å². The molecule has 0 unspecified atom stereocenters. The van der Waals surface area contributed by atoms with Gasteiger partial charge in [0.1, 0.15) is 11.4 Å². The van der Waals surface area contributed by atoms with E-state index in [4.69, 9.17) is 16.3 Å². The Labute approximate surface area is 259 Å². The van der Waals surface area contributed by atoms with Crippen LogP contribution in [0.15, 0.2) is 30.3 Å². The molecule has 10 heteroatoms. The van der Waals surface area contributed by atoms with Crippen molar-refractivity contribution in [1.29, 1.82) is 0 Å². The molecule has 1 saturated heterocycles. The van der Waals surface area contributed by atoms with Crippen molar-refractivity contribution in [2.45, 2.75) is 105 Å². The van der Waals surface area contributed by atoms with E-state index in [0.29, 0.717) is 48.6 Å². The number of nitrogens with one attached hydrogen (secondary N) is 1. The number of benzene rings is 1. The Hall–Kier alpha value is -3.04. The Kier molecular flexibility index (Phi) is 9.29. The van der Waals surface area contributed by atoms with E-state index in [1.165, 1.54) is 6.07 Å². The van der Waals surface area contributed by atoms with Crippen molar-refractivity contribution in [3.05, 3.63) is 69.5 Å². The number of esters is 1. The lowest BCUT2D eigenvalue weighted by Gasteiger charge is -2.45. The van der Waals surface area contributed by atoms with Crippen molar-refractivity contribution in [2.24, 2.45) is 5.41 Å². The highest BCUT2D eigenvalue weighted by atomic mass is 35.5. The third-order valence-electron chi connectivity index (χ3n) is 7.91. The molecular formula is C33H44ClF2N5O2. The van der Waals surface area contributed by atoms with Crippen molar-refractivity contribution < 1.29 is 18.3 Å². The zero-order valence-electron chi connectivity index (χ0n) is 26.7. The van der Waals surface area contributed by atoms with Crippen LogP contribution in [0.5, 0.6) is 0 Å². The molecule has 1 aliphatic rings. The molecule has 0 bridgehead atoms. The second-order valence-corrected chi connectivity index (χ2v) is 14.3. The molecule has 234 valence electrons. The highest BCUT2D eigenvalue weighted by molar-refractivity contribution is 6.30. The Morgan fingerprint density at radius 1 is 1.14 bits per heavy atom. The van der Waals surface area contributed by atoms with E-state index in [9.17, 15) is 9.18 Å². The van der Waals surface area contributed by atoms with Crippen LogP contribution in [-0.4, -0.2) is 43.8 Å². The van der Waals surface area contributed by atoms with Gasteiger partial charge >= 0.3 is 5.97 Å². The molecular weight excluding hydrogens is 572 g/mol. The molecule has 1 N–H and O–H groups in total. The number of halogens is 3. The predicted octanol–water partition coefficient (Wildman–Crippen LogP) is 7.88. The lowest BCUT2D eigenvalue weighted by Crippen LogP contribution is -2.51. The van der Waals surface area contributed by atoms with Crippen LogP contribution in [-0.2, 0) is 28.0 Å². The Morgan fingerprint density at radius 3 is 2.44 bits per heavy atom. The van der Waals surface area contributed by atoms with E-state index >= 15 is 4.39 Å². The number of aromatic nitrogens is 3. The van der Waals surface area contributed by atoms with Gasteiger partial charge in [0.15, 0.2) is 17.5 Å². The lowest BCUT2D eigenvalue weighted by molar-refractivity contribution is -0.172. The number of carbonyl (C=O) groups excluding carboxylic acids is 1. The van der Waals surface area contributed by atoms with Crippen LogP contribution in [0.25, 0.3) is 0 Å². The number of likely N-dealkylation sites (tertiary alicyclic amines) is 1. The number of piperidine rings is 1. The molecule has 0 radical (unpaired) electrons. The van der Waals surface area contributed by atoms with Crippen molar-refractivity contribution in [1.82, 2.24) is 19.7 Å². The number of aryl methyl sites for hydroxylation is 2. The van der Waals surface area contributed by atoms with E-state index in [1.54, 1.807) is 25.1 Å². The molecule has 0 spiro atoms. The third-order valence-corrected chi connectivity index (χ3v) is 8.20. The van der Waals surface area contributed by atoms with Crippen LogP contribution < -0.4 is 5.32 Å². The first kappa shape index (κ1) is 32.9. The maximum atomic E-state index is 15.3. The maximum Gasteiger partial charge on any atom is 0.313 e. The highest BCUT2D eigenvalue weighted by Crippen LogP contribution is 2.41. The zero-order chi connectivity index (χ0) is 31.9. The van der Waals surface area contributed by atoms with Crippen LogP contribution in [0, 0.1) is 30.9 Å². The summed E-state index contributed by atoms with van der Waals surface area (Å²) in [7, 11) is 0. The Bertz CT molecular complexity index is 1490. The summed E-state index contributed by atoms with van der Waals surface area (Å²) in [5, 5.41) is 7.78. The maximum absolute atomic E-state index is 15.3. The Morgan fingerprint density at radius 2 is 1.84 bits per heavy atom. The minimum atomic E-state index is -0.894. The van der Waals surface area contributed by atoms with Gasteiger partial charge in [0.25, 0.3) is 0 Å². The lowest BCUT2D eigenvalue weighted by atomic mass is 9.72. The summed E-state index contributed by atoms with van der Waals surface area (Å²) < 4.78 is 37.9. The predicted molar refractivity (Wildman–Crippen MR) is 167 cm³/mol. The van der Waals surface area contributed by atoms with E-state index in [0.717, 1.165) is 5.69 Å². The number of nitrogens with zero attached hydrogens (tertiary/aromatic N) is 4. The van der Waals surface area contributed by atoms with E-state index in [-0.39, 0.29) is 34.8 Å². The second kappa shape index (κ2) is 12.2. The number of pyridine rings is 1. The van der Waals surface area contributed by atoms with Crippen molar-refractivity contribution >= 4 is 29.2 Å². The van der Waals surface area contributed by atoms with E-state index in [2.05, 4.69) is 20.3 Å². The minimum absolute atomic E-state index is 0.0646. The topological polar surface area (TPSA) is 72.3 Å². The summed E-state index contributed by atoms with van der Waals surface area (Å²) in [5.41, 5.74) is 0.635. The molecule has 1 fully saturated rings. The molecule has 1 aliphatic heterocycles. The van der Waals surface area contributed by atoms with Gasteiger partial charge in [-0.05, 0) is 99.4 Å². The summed E-state index contributed by atoms with van der Waals surface area (Å²) >= 11 is 6.02. The average molecular weight is 616 g/mol. The Balaban J connectivity index is 1.63. The number of hydrogen-bond acceptors (Lipinski definition) is 6. The number of ether oxygens (including phenoxy) is 1. The second-order valence-electron chi connectivity index (χ2n) is 13.9. The van der Waals surface area contributed by atoms with Gasteiger partial charge < -0.3 is 10.1 Å². The standard InChI is InChI=1S/C33H44ClF2N5O2/c1-20-15-24(37-29(27(20)35)38-26-16-21(2)41(39-26)31(4,5)6)18-33(30(42)43-32(7,8)9)13-14-40(22(3)17-33)19-23-11-10-12-25(34)28(23)36/h10-12,15-16,22H,13-14,17-19H2,1-9H3,(H,37,38,39)/t22-,33-/m1/s1. The molecule has 0 amide bonds. The third kappa shape index (κ3) is 7.55. The van der Waals surface area contributed by atoms with Crippen LogP contribution >= 0.6 is 11.6 Å². The molecule has 4 rings (SSSR count). The molecule has 2 aromatic heterocycles. The number of anilines is 2. The number of carbonyl (C=O) groups is 1. The molecule has 7 nitrogen and oxygen atoms in total. The van der Waals surface area contributed by atoms with Gasteiger partial charge in [-0.25, -0.2) is 13.8 Å². The molecule has 3 heterocycles. The summed E-state index contributed by atoms with van der Waals surface area (Å²) in [6.45, 7) is 18.3. The zero-order valence-corrected chi connectivity index (χ0v) is 27.5. The van der Waals surface area contributed by atoms with Gasteiger partial charge in [-0.15, -0.1) is 0 Å². The first-order chi connectivity index (χ1) is 19.9. The normalized spacial score (nSPS) is 19.9. The summed E-state index contributed by atoms with van der Waals surface area (Å²) in [6, 6.07) is 8.49. The van der Waals surface area contributed by atoms with Crippen molar-refractivity contribution in [2.75, 3.05) is 11.9 Å². The van der Waals surface area contributed by atoms with Gasteiger partial charge in [-0.2, -0.15) is 5.10 Å². The molecule has 43 heavy (non-hydrogen) atoms. The smallest absolute Gasteiger partial charge is 0.313 e. The summed E-state index contributed by atoms with van der Waals surface area (Å²) in [4.78, 5) is 20.7. The first-order valence-electron chi connectivity index (χ1n) is 14.8. The van der Waals surface area contributed by atoms with Gasteiger partial charge in [0.05, 0.1) is 16.0 Å². The quantitative estimate of drug-likeness (QED) is 0.273. The fourth-order valence-corrected chi connectivity index (χ4v) is 6.08. The fraction of sp³-hybridized carbons (Fsp3) is 0.545. The van der Waals surface area contributed by atoms with Gasteiger partial charge in [0.2, 0.25) is 0 Å². The van der Waals surface area contributed by atoms with E-state index < -0.39 is 22.7 Å². The fourth-order valence-electron chi connectivity index (χ4n) is 5.88. The average Bonchev–Trinajstić information content (AvgIpc) is 3.26. The van der Waals surface area contributed by atoms with Crippen molar-refractivity contribution in [3.8, 4) is 0 Å². The molecule has 1 aromatic carbocycles. The first-order valence-corrected chi connectivity index (χ1v) is 15.2. The van der Waals surface area contributed by atoms with E-state index in [1.807, 2.05) is 66.1 Å². The highest BCUT2D eigenvalue weighted by Gasteiger charge is 2.47. The molecule has 0 saturated carbocycles. The SMILES string of the molecule is Cc1cc(C[C@@]2(C(=O)OC(C)(C)C)CCN(Cc3cccc(Cl)c3F)[C@H](C)C2)nc(Nc2cc(C)n(C(C)(C)C)n2)c1F. The minimum Gasteiger partial charge on any atom is -0.460 e. The molecule has 3 aromatic rings. The van der Waals surface area contributed by atoms with Crippen molar-refractivity contribution in [3.63, 3.8) is 0 Å².